The van der Waals surface area contributed by atoms with Gasteiger partial charge in [-0.15, -0.1) is 0 Å². The van der Waals surface area contributed by atoms with Crippen LogP contribution in [0.4, 0.5) is 34.9 Å². The summed E-state index contributed by atoms with van der Waals surface area (Å²) < 4.78 is 10.3. The molecule has 0 atom stereocenters. The van der Waals surface area contributed by atoms with Crippen LogP contribution in [-0.2, 0) is 0 Å². The quantitative estimate of drug-likeness (QED) is 0.163. The number of hydrogen-bond donors (Lipinski definition) is 3. The lowest BCUT2D eigenvalue weighted by Crippen LogP contribution is -2.07. The number of nitrogens with one attached hydrogen (secondary N) is 3. The van der Waals surface area contributed by atoms with Gasteiger partial charge in [-0.1, -0.05) is 0 Å². The molecule has 0 radical (unpaired) electrons. The fourth-order valence-corrected chi connectivity index (χ4v) is 2.99. The van der Waals surface area contributed by atoms with E-state index in [1.165, 1.54) is 12.1 Å². The second-order valence-electron chi connectivity index (χ2n) is 7.23. The van der Waals surface area contributed by atoms with E-state index in [9.17, 15) is 10.1 Å². The first-order valence-electron chi connectivity index (χ1n) is 10.6. The number of hydrazone groups is 1. The average Bonchev–Trinajstić information content (AvgIpc) is 2.90. The SMILES string of the molecule is COc1ccc(C=NNc2nc(Nc3ccc(OC)cc3)nc(Nc3ccc([N+](=O)[O-])cc3)n2)cc1. The van der Waals surface area contributed by atoms with Gasteiger partial charge in [-0.05, 0) is 66.2 Å². The van der Waals surface area contributed by atoms with Crippen molar-refractivity contribution in [1.29, 1.82) is 0 Å². The van der Waals surface area contributed by atoms with Gasteiger partial charge in [0.2, 0.25) is 17.8 Å². The highest BCUT2D eigenvalue weighted by Crippen LogP contribution is 2.22. The third-order valence-corrected chi connectivity index (χ3v) is 4.81. The molecule has 3 aromatic carbocycles. The smallest absolute Gasteiger partial charge is 0.269 e. The Hall–Kier alpha value is -5.26. The van der Waals surface area contributed by atoms with E-state index in [0.29, 0.717) is 11.4 Å². The van der Waals surface area contributed by atoms with Crippen LogP contribution < -0.4 is 25.5 Å². The van der Waals surface area contributed by atoms with Gasteiger partial charge < -0.3 is 20.1 Å². The van der Waals surface area contributed by atoms with E-state index in [2.05, 4.69) is 36.1 Å². The lowest BCUT2D eigenvalue weighted by atomic mass is 10.2. The van der Waals surface area contributed by atoms with Crippen molar-refractivity contribution >= 4 is 41.1 Å². The Morgan fingerprint density at radius 1 is 0.750 bits per heavy atom. The number of non-ortho nitro benzene ring substituents is 1. The van der Waals surface area contributed by atoms with Gasteiger partial charge in [-0.3, -0.25) is 10.1 Å². The Kier molecular flexibility index (Phi) is 7.46. The molecule has 0 unspecified atom stereocenters. The number of nitrogens with zero attached hydrogens (tertiary/aromatic N) is 5. The van der Waals surface area contributed by atoms with Crippen LogP contribution in [0.3, 0.4) is 0 Å². The van der Waals surface area contributed by atoms with Crippen molar-refractivity contribution in [3.63, 3.8) is 0 Å². The molecule has 0 saturated heterocycles. The third kappa shape index (κ3) is 6.41. The highest BCUT2D eigenvalue weighted by Gasteiger charge is 2.09. The van der Waals surface area contributed by atoms with E-state index in [0.717, 1.165) is 17.0 Å². The van der Waals surface area contributed by atoms with E-state index in [1.807, 2.05) is 36.4 Å². The normalized spacial score (nSPS) is 10.6. The monoisotopic (exact) mass is 486 g/mol. The molecule has 0 spiro atoms. The van der Waals surface area contributed by atoms with Gasteiger partial charge in [-0.25, -0.2) is 5.43 Å². The van der Waals surface area contributed by atoms with Crippen molar-refractivity contribution in [2.45, 2.75) is 0 Å². The van der Waals surface area contributed by atoms with Gasteiger partial charge >= 0.3 is 0 Å². The van der Waals surface area contributed by atoms with Crippen molar-refractivity contribution in [2.75, 3.05) is 30.3 Å². The van der Waals surface area contributed by atoms with Crippen LogP contribution in [0.2, 0.25) is 0 Å². The predicted octanol–water partition coefficient (Wildman–Crippen LogP) is 4.73. The van der Waals surface area contributed by atoms with Crippen LogP contribution in [0, 0.1) is 10.1 Å². The molecule has 0 aliphatic heterocycles. The molecule has 0 aliphatic rings. The van der Waals surface area contributed by atoms with Gasteiger partial charge in [0.05, 0.1) is 25.4 Å². The van der Waals surface area contributed by atoms with Crippen LogP contribution in [0.15, 0.2) is 77.9 Å². The van der Waals surface area contributed by atoms with Gasteiger partial charge in [0.25, 0.3) is 5.69 Å². The van der Waals surface area contributed by atoms with E-state index in [-0.39, 0.29) is 23.5 Å². The minimum Gasteiger partial charge on any atom is -0.497 e. The Morgan fingerprint density at radius 2 is 1.22 bits per heavy atom. The average molecular weight is 486 g/mol. The molecule has 3 N–H and O–H groups in total. The number of nitro benzene ring substituents is 1. The molecule has 12 heteroatoms. The molecular formula is C24H22N8O4. The second kappa shape index (κ2) is 11.2. The number of ether oxygens (including phenoxy) is 2. The summed E-state index contributed by atoms with van der Waals surface area (Å²) in [6.45, 7) is 0. The van der Waals surface area contributed by atoms with Gasteiger partial charge in [-0.2, -0.15) is 20.1 Å². The molecule has 0 fully saturated rings. The summed E-state index contributed by atoms with van der Waals surface area (Å²) in [4.78, 5) is 23.6. The summed E-state index contributed by atoms with van der Waals surface area (Å²) in [5.41, 5.74) is 4.93. The maximum absolute atomic E-state index is 10.9. The molecular weight excluding hydrogens is 464 g/mol. The third-order valence-electron chi connectivity index (χ3n) is 4.81. The summed E-state index contributed by atoms with van der Waals surface area (Å²) in [6, 6.07) is 20.5. The van der Waals surface area contributed by atoms with Crippen LogP contribution in [0.5, 0.6) is 11.5 Å². The lowest BCUT2D eigenvalue weighted by molar-refractivity contribution is -0.384. The fourth-order valence-electron chi connectivity index (χ4n) is 2.99. The second-order valence-corrected chi connectivity index (χ2v) is 7.23. The Balaban J connectivity index is 1.56. The molecule has 12 nitrogen and oxygen atoms in total. The van der Waals surface area contributed by atoms with E-state index >= 15 is 0 Å². The van der Waals surface area contributed by atoms with Crippen LogP contribution in [0.25, 0.3) is 0 Å². The Bertz CT molecular complexity index is 1340. The van der Waals surface area contributed by atoms with Crippen molar-refractivity contribution in [1.82, 2.24) is 15.0 Å². The number of aromatic nitrogens is 3. The molecule has 36 heavy (non-hydrogen) atoms. The van der Waals surface area contributed by atoms with Gasteiger partial charge in [0.15, 0.2) is 0 Å². The summed E-state index contributed by atoms with van der Waals surface area (Å²) in [6.07, 6.45) is 1.61. The Labute approximate surface area is 206 Å². The molecule has 0 amide bonds. The molecule has 182 valence electrons. The minimum atomic E-state index is -0.466. The first kappa shape index (κ1) is 23.9. The van der Waals surface area contributed by atoms with Crippen LogP contribution in [-0.4, -0.2) is 40.3 Å². The fraction of sp³-hybridized carbons (Fsp3) is 0.0833. The maximum Gasteiger partial charge on any atom is 0.269 e. The topological polar surface area (TPSA) is 149 Å². The minimum absolute atomic E-state index is 0.0201. The number of methoxy groups -OCH3 is 2. The number of nitro groups is 1. The zero-order valence-electron chi connectivity index (χ0n) is 19.4. The number of hydrogen-bond acceptors (Lipinski definition) is 11. The predicted molar refractivity (Wildman–Crippen MR) is 137 cm³/mol. The summed E-state index contributed by atoms with van der Waals surface area (Å²) in [7, 11) is 3.19. The summed E-state index contributed by atoms with van der Waals surface area (Å²) in [5, 5.41) is 21.3. The number of anilines is 5. The molecule has 0 aliphatic carbocycles. The first-order chi connectivity index (χ1) is 17.5. The van der Waals surface area contributed by atoms with E-state index in [1.54, 1.807) is 44.7 Å². The Morgan fingerprint density at radius 3 is 1.72 bits per heavy atom. The van der Waals surface area contributed by atoms with Crippen molar-refractivity contribution in [3.05, 3.63) is 88.5 Å². The van der Waals surface area contributed by atoms with Crippen molar-refractivity contribution < 1.29 is 14.4 Å². The zero-order chi connectivity index (χ0) is 25.3. The lowest BCUT2D eigenvalue weighted by Gasteiger charge is -2.10. The maximum atomic E-state index is 10.9. The van der Waals surface area contributed by atoms with Gasteiger partial charge in [0, 0.05) is 23.5 Å². The highest BCUT2D eigenvalue weighted by atomic mass is 16.6. The highest BCUT2D eigenvalue weighted by molar-refractivity contribution is 5.80. The van der Waals surface area contributed by atoms with Crippen LogP contribution >= 0.6 is 0 Å². The number of benzene rings is 3. The molecule has 4 rings (SSSR count). The molecule has 4 aromatic rings. The van der Waals surface area contributed by atoms with Crippen molar-refractivity contribution in [3.8, 4) is 11.5 Å². The molecule has 1 aromatic heterocycles. The summed E-state index contributed by atoms with van der Waals surface area (Å²) in [5.74, 6) is 2.09. The van der Waals surface area contributed by atoms with E-state index < -0.39 is 4.92 Å². The zero-order valence-corrected chi connectivity index (χ0v) is 19.4. The molecule has 1 heterocycles. The van der Waals surface area contributed by atoms with Crippen molar-refractivity contribution in [2.24, 2.45) is 5.10 Å². The molecule has 0 saturated carbocycles. The summed E-state index contributed by atoms with van der Waals surface area (Å²) >= 11 is 0. The van der Waals surface area contributed by atoms with Crippen LogP contribution in [0.1, 0.15) is 5.56 Å². The van der Waals surface area contributed by atoms with E-state index in [4.69, 9.17) is 9.47 Å². The molecule has 0 bridgehead atoms. The number of rotatable bonds is 10. The largest absolute Gasteiger partial charge is 0.497 e. The standard InChI is InChI=1S/C24H22N8O4/c1-35-20-11-3-16(4-12-20)15-25-31-24-29-22(26-17-5-9-19(10-6-17)32(33)34)28-23(30-24)27-18-7-13-21(36-2)14-8-18/h3-15H,1-2H3,(H3,26,27,28,29,30,31). The van der Waals surface area contributed by atoms with Gasteiger partial charge in [0.1, 0.15) is 11.5 Å². The first-order valence-corrected chi connectivity index (χ1v) is 10.6.